The Kier molecular flexibility index (Phi) is 7.81. The summed E-state index contributed by atoms with van der Waals surface area (Å²) in [5.41, 5.74) is 0. The van der Waals surface area contributed by atoms with E-state index in [1.165, 1.54) is 32.1 Å². The minimum absolute atomic E-state index is 0.260. The molecule has 1 saturated heterocycles. The maximum Gasteiger partial charge on any atom is 0.0962 e. The Morgan fingerprint density at radius 3 is 2.69 bits per heavy atom. The zero-order valence-electron chi connectivity index (χ0n) is 10.8. The molecule has 1 N–H and O–H groups in total. The topological polar surface area (TPSA) is 30.5 Å². The van der Waals surface area contributed by atoms with Gasteiger partial charge >= 0.3 is 0 Å². The van der Waals surface area contributed by atoms with E-state index in [1.54, 1.807) is 0 Å². The fourth-order valence-corrected chi connectivity index (χ4v) is 2.21. The van der Waals surface area contributed by atoms with Crippen LogP contribution in [0.5, 0.6) is 0 Å². The predicted octanol–water partition coefficient (Wildman–Crippen LogP) is 2.35. The van der Waals surface area contributed by atoms with E-state index in [9.17, 15) is 0 Å². The molecule has 0 saturated carbocycles. The summed E-state index contributed by atoms with van der Waals surface area (Å²) >= 11 is 0. The Hall–Kier alpha value is -0.120. The Morgan fingerprint density at radius 1 is 1.19 bits per heavy atom. The third-order valence-electron chi connectivity index (χ3n) is 3.13. The third-order valence-corrected chi connectivity index (χ3v) is 3.13. The summed E-state index contributed by atoms with van der Waals surface area (Å²) in [6.45, 7) is 7.68. The lowest BCUT2D eigenvalue weighted by Crippen LogP contribution is -2.46. The minimum atomic E-state index is 0.260. The maximum atomic E-state index is 5.76. The molecule has 1 rings (SSSR count). The van der Waals surface area contributed by atoms with Crippen molar-refractivity contribution in [3.05, 3.63) is 0 Å². The van der Waals surface area contributed by atoms with Crippen molar-refractivity contribution in [2.24, 2.45) is 0 Å². The number of unbranched alkanes of at least 4 members (excludes halogenated alkanes) is 3. The van der Waals surface area contributed by atoms with Crippen molar-refractivity contribution in [2.45, 2.75) is 58.1 Å². The molecule has 0 spiro atoms. The standard InChI is InChI=1S/C13H27NO2/c1-3-5-6-7-8-12(14-4-2)13-11-15-9-10-16-13/h12-14H,3-11H2,1-2H3. The molecule has 1 fully saturated rings. The van der Waals surface area contributed by atoms with Crippen LogP contribution in [-0.4, -0.2) is 38.5 Å². The number of rotatable bonds is 8. The smallest absolute Gasteiger partial charge is 0.0962 e. The molecule has 0 radical (unpaired) electrons. The molecule has 1 aliphatic heterocycles. The largest absolute Gasteiger partial charge is 0.376 e. The Labute approximate surface area is 99.9 Å². The minimum Gasteiger partial charge on any atom is -0.376 e. The van der Waals surface area contributed by atoms with Gasteiger partial charge in [0, 0.05) is 6.04 Å². The van der Waals surface area contributed by atoms with Gasteiger partial charge in [0.15, 0.2) is 0 Å². The van der Waals surface area contributed by atoms with Crippen LogP contribution in [0.15, 0.2) is 0 Å². The predicted molar refractivity (Wildman–Crippen MR) is 66.8 cm³/mol. The van der Waals surface area contributed by atoms with Crippen molar-refractivity contribution in [1.29, 1.82) is 0 Å². The third kappa shape index (κ3) is 5.28. The van der Waals surface area contributed by atoms with Crippen LogP contribution in [0.4, 0.5) is 0 Å². The lowest BCUT2D eigenvalue weighted by atomic mass is 10.0. The summed E-state index contributed by atoms with van der Waals surface area (Å²) in [7, 11) is 0. The van der Waals surface area contributed by atoms with Crippen molar-refractivity contribution < 1.29 is 9.47 Å². The van der Waals surface area contributed by atoms with Crippen LogP contribution in [0.25, 0.3) is 0 Å². The van der Waals surface area contributed by atoms with Gasteiger partial charge in [-0.1, -0.05) is 39.5 Å². The van der Waals surface area contributed by atoms with E-state index < -0.39 is 0 Å². The second-order valence-corrected chi connectivity index (χ2v) is 4.50. The molecule has 0 aromatic rings. The average Bonchev–Trinajstić information content (AvgIpc) is 2.34. The number of likely N-dealkylation sites (N-methyl/N-ethyl adjacent to an activating group) is 1. The number of hydrogen-bond donors (Lipinski definition) is 1. The molecule has 3 heteroatoms. The van der Waals surface area contributed by atoms with Crippen LogP contribution in [-0.2, 0) is 9.47 Å². The molecule has 0 bridgehead atoms. The highest BCUT2D eigenvalue weighted by molar-refractivity contribution is 4.78. The first-order valence-corrected chi connectivity index (χ1v) is 6.81. The summed E-state index contributed by atoms with van der Waals surface area (Å²) in [5.74, 6) is 0. The van der Waals surface area contributed by atoms with E-state index in [1.807, 2.05) is 0 Å². The molecular weight excluding hydrogens is 202 g/mol. The van der Waals surface area contributed by atoms with Crippen LogP contribution in [0.3, 0.4) is 0 Å². The van der Waals surface area contributed by atoms with Crippen molar-refractivity contribution in [3.63, 3.8) is 0 Å². The van der Waals surface area contributed by atoms with Gasteiger partial charge in [-0.3, -0.25) is 0 Å². The fraction of sp³-hybridized carbons (Fsp3) is 1.00. The van der Waals surface area contributed by atoms with Crippen LogP contribution < -0.4 is 5.32 Å². The van der Waals surface area contributed by atoms with Crippen molar-refractivity contribution in [1.82, 2.24) is 5.32 Å². The summed E-state index contributed by atoms with van der Waals surface area (Å²) in [5, 5.41) is 3.52. The molecule has 0 aliphatic carbocycles. The first-order chi connectivity index (χ1) is 7.88. The van der Waals surface area contributed by atoms with Gasteiger partial charge in [-0.05, 0) is 13.0 Å². The van der Waals surface area contributed by atoms with E-state index in [-0.39, 0.29) is 6.10 Å². The molecule has 1 heterocycles. The van der Waals surface area contributed by atoms with Crippen molar-refractivity contribution >= 4 is 0 Å². The molecular formula is C13H27NO2. The molecule has 96 valence electrons. The lowest BCUT2D eigenvalue weighted by molar-refractivity contribution is -0.102. The first kappa shape index (κ1) is 13.9. The monoisotopic (exact) mass is 229 g/mol. The molecule has 1 aliphatic rings. The number of ether oxygens (including phenoxy) is 2. The van der Waals surface area contributed by atoms with Gasteiger partial charge < -0.3 is 14.8 Å². The Morgan fingerprint density at radius 2 is 2.06 bits per heavy atom. The lowest BCUT2D eigenvalue weighted by Gasteiger charge is -2.31. The molecule has 2 atom stereocenters. The Balaban J connectivity index is 2.22. The molecule has 0 amide bonds. The molecule has 16 heavy (non-hydrogen) atoms. The highest BCUT2D eigenvalue weighted by atomic mass is 16.6. The second-order valence-electron chi connectivity index (χ2n) is 4.50. The average molecular weight is 229 g/mol. The van der Waals surface area contributed by atoms with Crippen LogP contribution in [0, 0.1) is 0 Å². The van der Waals surface area contributed by atoms with E-state index in [2.05, 4.69) is 19.2 Å². The quantitative estimate of drug-likeness (QED) is 0.648. The van der Waals surface area contributed by atoms with Gasteiger partial charge in [-0.2, -0.15) is 0 Å². The van der Waals surface area contributed by atoms with Crippen LogP contribution in [0.2, 0.25) is 0 Å². The first-order valence-electron chi connectivity index (χ1n) is 6.81. The second kappa shape index (κ2) is 8.97. The van der Waals surface area contributed by atoms with Gasteiger partial charge in [0.25, 0.3) is 0 Å². The van der Waals surface area contributed by atoms with Gasteiger partial charge in [0.1, 0.15) is 0 Å². The molecule has 0 aromatic carbocycles. The zero-order valence-corrected chi connectivity index (χ0v) is 10.8. The summed E-state index contributed by atoms with van der Waals surface area (Å²) < 4.78 is 11.2. The van der Waals surface area contributed by atoms with E-state index in [0.29, 0.717) is 6.04 Å². The molecule has 0 aromatic heterocycles. The number of nitrogens with one attached hydrogen (secondary N) is 1. The summed E-state index contributed by atoms with van der Waals surface area (Å²) in [6, 6.07) is 0.474. The maximum absolute atomic E-state index is 5.76. The van der Waals surface area contributed by atoms with Gasteiger partial charge in [-0.25, -0.2) is 0 Å². The fourth-order valence-electron chi connectivity index (χ4n) is 2.21. The summed E-state index contributed by atoms with van der Waals surface area (Å²) in [4.78, 5) is 0. The number of hydrogen-bond acceptors (Lipinski definition) is 3. The Bertz CT molecular complexity index is 158. The van der Waals surface area contributed by atoms with Gasteiger partial charge in [-0.15, -0.1) is 0 Å². The van der Waals surface area contributed by atoms with Crippen molar-refractivity contribution in [3.8, 4) is 0 Å². The van der Waals surface area contributed by atoms with Crippen LogP contribution in [0.1, 0.15) is 46.0 Å². The molecule has 2 unspecified atom stereocenters. The van der Waals surface area contributed by atoms with E-state index in [0.717, 1.165) is 26.4 Å². The van der Waals surface area contributed by atoms with Crippen LogP contribution >= 0.6 is 0 Å². The highest BCUT2D eigenvalue weighted by Crippen LogP contribution is 2.13. The van der Waals surface area contributed by atoms with Gasteiger partial charge in [0.05, 0.1) is 25.9 Å². The zero-order chi connectivity index (χ0) is 11.6. The van der Waals surface area contributed by atoms with Gasteiger partial charge in [0.2, 0.25) is 0 Å². The SMILES string of the molecule is CCCCCCC(NCC)C1COCCO1. The van der Waals surface area contributed by atoms with E-state index >= 15 is 0 Å². The summed E-state index contributed by atoms with van der Waals surface area (Å²) in [6.07, 6.45) is 6.75. The van der Waals surface area contributed by atoms with Crippen molar-refractivity contribution in [2.75, 3.05) is 26.4 Å². The highest BCUT2D eigenvalue weighted by Gasteiger charge is 2.23. The normalized spacial score (nSPS) is 23.2. The molecule has 3 nitrogen and oxygen atoms in total. The van der Waals surface area contributed by atoms with E-state index in [4.69, 9.17) is 9.47 Å².